The molecule has 0 spiro atoms. The van der Waals surface area contributed by atoms with Crippen molar-refractivity contribution in [1.82, 2.24) is 0 Å². The molecular weight excluding hydrogens is 383 g/mol. The number of halogens is 2. The minimum absolute atomic E-state index is 0.234. The lowest BCUT2D eigenvalue weighted by atomic mass is 10.2. The number of para-hydroxylation sites is 1. The number of hydrogen-bond donors (Lipinski definition) is 1. The molecule has 0 fully saturated rings. The first-order valence-corrected chi connectivity index (χ1v) is 9.01. The van der Waals surface area contributed by atoms with Crippen LogP contribution in [0.15, 0.2) is 71.8 Å². The van der Waals surface area contributed by atoms with Gasteiger partial charge >= 0.3 is 0 Å². The van der Waals surface area contributed by atoms with Crippen molar-refractivity contribution in [2.24, 2.45) is 5.10 Å². The molecule has 0 unspecified atom stereocenters. The Hall–Kier alpha value is -2.69. The Labute approximate surface area is 168 Å². The summed E-state index contributed by atoms with van der Waals surface area (Å²) in [6.45, 7) is 0.234. The van der Waals surface area contributed by atoms with Gasteiger partial charge in [0, 0.05) is 15.6 Å². The molecule has 0 aliphatic heterocycles. The molecule has 3 rings (SSSR count). The van der Waals surface area contributed by atoms with Crippen LogP contribution < -0.4 is 14.9 Å². The maximum atomic E-state index is 6.20. The van der Waals surface area contributed by atoms with Gasteiger partial charge in [-0.3, -0.25) is 5.43 Å². The van der Waals surface area contributed by atoms with E-state index in [4.69, 9.17) is 32.7 Å². The Morgan fingerprint density at radius 2 is 1.67 bits per heavy atom. The molecule has 0 atom stereocenters. The highest BCUT2D eigenvalue weighted by atomic mass is 35.5. The van der Waals surface area contributed by atoms with Gasteiger partial charge in [0.1, 0.15) is 6.61 Å². The number of nitrogens with zero attached hydrogens (tertiary/aromatic N) is 1. The number of nitrogens with one attached hydrogen (secondary N) is 1. The maximum absolute atomic E-state index is 6.20. The highest BCUT2D eigenvalue weighted by Crippen LogP contribution is 2.31. The van der Waals surface area contributed by atoms with Crippen molar-refractivity contribution in [3.63, 3.8) is 0 Å². The normalized spacial score (nSPS) is 10.8. The van der Waals surface area contributed by atoms with E-state index in [1.165, 1.54) is 0 Å². The molecular formula is C21H18Cl2N2O2. The second kappa shape index (κ2) is 9.31. The van der Waals surface area contributed by atoms with Gasteiger partial charge < -0.3 is 9.47 Å². The van der Waals surface area contributed by atoms with E-state index >= 15 is 0 Å². The summed E-state index contributed by atoms with van der Waals surface area (Å²) < 4.78 is 11.3. The summed E-state index contributed by atoms with van der Waals surface area (Å²) in [7, 11) is 1.59. The molecule has 0 amide bonds. The number of hydrazone groups is 1. The van der Waals surface area contributed by atoms with E-state index < -0.39 is 0 Å². The highest BCUT2D eigenvalue weighted by molar-refractivity contribution is 6.35. The highest BCUT2D eigenvalue weighted by Gasteiger charge is 2.10. The molecule has 0 saturated heterocycles. The smallest absolute Gasteiger partial charge is 0.162 e. The Bertz CT molecular complexity index is 910. The second-order valence-electron chi connectivity index (χ2n) is 5.64. The predicted octanol–water partition coefficient (Wildman–Crippen LogP) is 6.03. The van der Waals surface area contributed by atoms with Gasteiger partial charge in [-0.05, 0) is 48.0 Å². The molecule has 138 valence electrons. The number of benzene rings is 3. The van der Waals surface area contributed by atoms with Gasteiger partial charge in [0.2, 0.25) is 0 Å². The van der Waals surface area contributed by atoms with Gasteiger partial charge in [-0.1, -0.05) is 47.5 Å². The van der Waals surface area contributed by atoms with Gasteiger partial charge in [-0.15, -0.1) is 0 Å². The fraction of sp³-hybridized carbons (Fsp3) is 0.0952. The fourth-order valence-electron chi connectivity index (χ4n) is 2.40. The molecule has 1 N–H and O–H groups in total. The topological polar surface area (TPSA) is 42.8 Å². The van der Waals surface area contributed by atoms with Gasteiger partial charge in [0.15, 0.2) is 11.5 Å². The summed E-state index contributed by atoms with van der Waals surface area (Å²) in [5.74, 6) is 1.20. The molecule has 0 heterocycles. The average molecular weight is 401 g/mol. The van der Waals surface area contributed by atoms with E-state index in [0.717, 1.165) is 16.8 Å². The number of rotatable bonds is 7. The lowest BCUT2D eigenvalue weighted by Gasteiger charge is -2.13. The van der Waals surface area contributed by atoms with E-state index in [0.29, 0.717) is 21.5 Å². The molecule has 27 heavy (non-hydrogen) atoms. The van der Waals surface area contributed by atoms with Crippen LogP contribution in [-0.4, -0.2) is 13.3 Å². The van der Waals surface area contributed by atoms with Crippen LogP contribution in [0, 0.1) is 0 Å². The predicted molar refractivity (Wildman–Crippen MR) is 111 cm³/mol. The van der Waals surface area contributed by atoms with Gasteiger partial charge in [0.05, 0.1) is 19.0 Å². The minimum atomic E-state index is 0.234. The van der Waals surface area contributed by atoms with Crippen molar-refractivity contribution >= 4 is 35.1 Å². The van der Waals surface area contributed by atoms with Crippen LogP contribution in [-0.2, 0) is 6.61 Å². The van der Waals surface area contributed by atoms with E-state index in [2.05, 4.69) is 10.5 Å². The first-order chi connectivity index (χ1) is 13.2. The van der Waals surface area contributed by atoms with Crippen molar-refractivity contribution in [2.45, 2.75) is 6.61 Å². The Morgan fingerprint density at radius 1 is 0.926 bits per heavy atom. The Morgan fingerprint density at radius 3 is 2.37 bits per heavy atom. The van der Waals surface area contributed by atoms with Crippen LogP contribution >= 0.6 is 23.2 Å². The Kier molecular flexibility index (Phi) is 6.58. The third-order valence-electron chi connectivity index (χ3n) is 3.80. The number of ether oxygens (including phenoxy) is 2. The molecule has 0 saturated carbocycles. The third kappa shape index (κ3) is 5.16. The summed E-state index contributed by atoms with van der Waals surface area (Å²) >= 11 is 12.4. The molecule has 0 bridgehead atoms. The lowest BCUT2D eigenvalue weighted by Crippen LogP contribution is -2.00. The van der Waals surface area contributed by atoms with E-state index in [1.807, 2.05) is 48.5 Å². The molecule has 4 nitrogen and oxygen atoms in total. The SMILES string of the molecule is COc1ccc(C=NNc2ccccc2)cc1OCc1c(Cl)cccc1Cl. The number of anilines is 1. The zero-order chi connectivity index (χ0) is 19.1. The number of methoxy groups -OCH3 is 1. The minimum Gasteiger partial charge on any atom is -0.493 e. The zero-order valence-electron chi connectivity index (χ0n) is 14.7. The molecule has 3 aromatic rings. The van der Waals surface area contributed by atoms with Crippen molar-refractivity contribution in [1.29, 1.82) is 0 Å². The first-order valence-electron chi connectivity index (χ1n) is 8.25. The van der Waals surface area contributed by atoms with Crippen molar-refractivity contribution in [3.05, 3.63) is 87.9 Å². The molecule has 0 aliphatic carbocycles. The average Bonchev–Trinajstić information content (AvgIpc) is 2.68. The van der Waals surface area contributed by atoms with Crippen LogP contribution in [0.1, 0.15) is 11.1 Å². The summed E-state index contributed by atoms with van der Waals surface area (Å²) in [4.78, 5) is 0. The van der Waals surface area contributed by atoms with Gasteiger partial charge in [-0.2, -0.15) is 5.10 Å². The van der Waals surface area contributed by atoms with E-state index in [-0.39, 0.29) is 6.61 Å². The van der Waals surface area contributed by atoms with Crippen molar-refractivity contribution < 1.29 is 9.47 Å². The molecule has 0 aliphatic rings. The van der Waals surface area contributed by atoms with Crippen LogP contribution in [0.5, 0.6) is 11.5 Å². The number of hydrogen-bond acceptors (Lipinski definition) is 4. The molecule has 3 aromatic carbocycles. The third-order valence-corrected chi connectivity index (χ3v) is 4.51. The largest absolute Gasteiger partial charge is 0.493 e. The van der Waals surface area contributed by atoms with Gasteiger partial charge in [0.25, 0.3) is 0 Å². The molecule has 0 radical (unpaired) electrons. The van der Waals surface area contributed by atoms with E-state index in [9.17, 15) is 0 Å². The molecule has 0 aromatic heterocycles. The molecule has 6 heteroatoms. The fourth-order valence-corrected chi connectivity index (χ4v) is 2.91. The van der Waals surface area contributed by atoms with Gasteiger partial charge in [-0.25, -0.2) is 0 Å². The summed E-state index contributed by atoms with van der Waals surface area (Å²) in [6.07, 6.45) is 1.71. The maximum Gasteiger partial charge on any atom is 0.162 e. The summed E-state index contributed by atoms with van der Waals surface area (Å²) in [5, 5.41) is 5.36. The van der Waals surface area contributed by atoms with Crippen molar-refractivity contribution in [3.8, 4) is 11.5 Å². The van der Waals surface area contributed by atoms with Crippen LogP contribution in [0.2, 0.25) is 10.0 Å². The quantitative estimate of drug-likeness (QED) is 0.389. The monoisotopic (exact) mass is 400 g/mol. The lowest BCUT2D eigenvalue weighted by molar-refractivity contribution is 0.284. The van der Waals surface area contributed by atoms with Crippen LogP contribution in [0.25, 0.3) is 0 Å². The summed E-state index contributed by atoms with van der Waals surface area (Å²) in [6, 6.07) is 20.6. The van der Waals surface area contributed by atoms with Crippen LogP contribution in [0.3, 0.4) is 0 Å². The second-order valence-corrected chi connectivity index (χ2v) is 6.45. The summed E-state index contributed by atoms with van der Waals surface area (Å²) in [5.41, 5.74) is 5.48. The Balaban J connectivity index is 1.73. The van der Waals surface area contributed by atoms with Crippen molar-refractivity contribution in [2.75, 3.05) is 12.5 Å². The standard InChI is InChI=1S/C21H18Cl2N2O2/c1-26-20-11-10-15(13-24-25-16-6-3-2-4-7-16)12-21(20)27-14-17-18(22)8-5-9-19(17)23/h2-13,25H,14H2,1H3. The van der Waals surface area contributed by atoms with Crippen LogP contribution in [0.4, 0.5) is 5.69 Å². The first kappa shape index (κ1) is 19.1. The zero-order valence-corrected chi connectivity index (χ0v) is 16.2. The van der Waals surface area contributed by atoms with E-state index in [1.54, 1.807) is 31.5 Å².